The molecule has 5 heteroatoms. The van der Waals surface area contributed by atoms with Gasteiger partial charge in [0.05, 0.1) is 6.42 Å². The molecule has 1 aliphatic heterocycles. The van der Waals surface area contributed by atoms with Gasteiger partial charge in [-0.2, -0.15) is 0 Å². The first-order valence-corrected chi connectivity index (χ1v) is 9.66. The third-order valence-corrected chi connectivity index (χ3v) is 5.40. The van der Waals surface area contributed by atoms with Crippen LogP contribution < -0.4 is 0 Å². The van der Waals surface area contributed by atoms with Crippen LogP contribution in [0.4, 0.5) is 4.39 Å². The minimum atomic E-state index is -0.281. The van der Waals surface area contributed by atoms with E-state index in [4.69, 9.17) is 4.42 Å². The summed E-state index contributed by atoms with van der Waals surface area (Å²) >= 11 is 0. The fourth-order valence-electron chi connectivity index (χ4n) is 3.84. The highest BCUT2D eigenvalue weighted by Crippen LogP contribution is 2.24. The van der Waals surface area contributed by atoms with Crippen molar-refractivity contribution >= 4 is 17.0 Å². The summed E-state index contributed by atoms with van der Waals surface area (Å²) in [7, 11) is 0. The monoisotopic (exact) mass is 386 g/mol. The molecule has 0 aliphatic carbocycles. The average molecular weight is 386 g/mol. The Morgan fingerprint density at radius 2 is 1.83 bits per heavy atom. The van der Waals surface area contributed by atoms with Gasteiger partial charge < -0.3 is 9.32 Å². The second kappa shape index (κ2) is 7.17. The van der Waals surface area contributed by atoms with Gasteiger partial charge in [0.25, 0.3) is 5.91 Å². The van der Waals surface area contributed by atoms with Crippen molar-refractivity contribution < 1.29 is 13.6 Å². The number of hydrogen-bond acceptors (Lipinski definition) is 3. The lowest BCUT2D eigenvalue weighted by Gasteiger charge is -2.28. The topological polar surface area (TPSA) is 46.3 Å². The Labute approximate surface area is 167 Å². The maximum atomic E-state index is 13.9. The third-order valence-electron chi connectivity index (χ3n) is 5.40. The first kappa shape index (κ1) is 17.6. The predicted molar refractivity (Wildman–Crippen MR) is 108 cm³/mol. The van der Waals surface area contributed by atoms with Gasteiger partial charge in [0, 0.05) is 18.7 Å². The molecule has 144 valence electrons. The maximum Gasteiger partial charge on any atom is 0.254 e. The van der Waals surface area contributed by atoms with Crippen LogP contribution in [0.3, 0.4) is 0 Å². The van der Waals surface area contributed by atoms with Crippen molar-refractivity contribution in [3.05, 3.63) is 101 Å². The van der Waals surface area contributed by atoms with Crippen LogP contribution >= 0.6 is 0 Å². The van der Waals surface area contributed by atoms with Crippen molar-refractivity contribution in [3.63, 3.8) is 0 Å². The SMILES string of the molecule is O=C(c1ccc2nc(Cc3ccccc3F)oc2c1)N1CCc2ccccc2C1. The van der Waals surface area contributed by atoms with E-state index >= 15 is 0 Å². The quantitative estimate of drug-likeness (QED) is 0.510. The predicted octanol–water partition coefficient (Wildman–Crippen LogP) is 4.76. The summed E-state index contributed by atoms with van der Waals surface area (Å²) in [6, 6.07) is 20.1. The summed E-state index contributed by atoms with van der Waals surface area (Å²) in [5.41, 5.74) is 4.81. The number of carbonyl (C=O) groups excluding carboxylic acids is 1. The van der Waals surface area contributed by atoms with Gasteiger partial charge >= 0.3 is 0 Å². The Morgan fingerprint density at radius 3 is 2.69 bits per heavy atom. The zero-order valence-corrected chi connectivity index (χ0v) is 15.8. The van der Waals surface area contributed by atoms with Crippen molar-refractivity contribution in [3.8, 4) is 0 Å². The molecule has 29 heavy (non-hydrogen) atoms. The molecule has 0 spiro atoms. The lowest BCUT2D eigenvalue weighted by molar-refractivity contribution is 0.0734. The molecule has 0 unspecified atom stereocenters. The van der Waals surface area contributed by atoms with Crippen LogP contribution in [0.1, 0.15) is 32.9 Å². The van der Waals surface area contributed by atoms with Crippen molar-refractivity contribution in [1.29, 1.82) is 0 Å². The van der Waals surface area contributed by atoms with Gasteiger partial charge in [-0.25, -0.2) is 9.37 Å². The zero-order valence-electron chi connectivity index (χ0n) is 15.8. The maximum absolute atomic E-state index is 13.9. The molecule has 4 nitrogen and oxygen atoms in total. The average Bonchev–Trinajstić information content (AvgIpc) is 3.16. The fourth-order valence-corrected chi connectivity index (χ4v) is 3.84. The molecule has 0 saturated carbocycles. The first-order chi connectivity index (χ1) is 14.2. The molecule has 0 N–H and O–H groups in total. The van der Waals surface area contributed by atoms with Crippen LogP contribution in [0.15, 0.2) is 71.1 Å². The molecule has 0 atom stereocenters. The van der Waals surface area contributed by atoms with Crippen LogP contribution in [0, 0.1) is 5.82 Å². The molecular weight excluding hydrogens is 367 g/mol. The number of aromatic nitrogens is 1. The van der Waals surface area contributed by atoms with Gasteiger partial charge in [0.1, 0.15) is 11.3 Å². The standard InChI is InChI=1S/C24H19FN2O2/c25-20-8-4-3-6-17(20)14-23-26-21-10-9-18(13-22(21)29-23)24(28)27-12-11-16-5-1-2-7-19(16)15-27/h1-10,13H,11-12,14-15H2. The summed E-state index contributed by atoms with van der Waals surface area (Å²) in [5.74, 6) is 0.131. The number of nitrogens with zero attached hydrogens (tertiary/aromatic N) is 2. The summed E-state index contributed by atoms with van der Waals surface area (Å²) in [6.07, 6.45) is 1.13. The van der Waals surface area contributed by atoms with E-state index in [0.717, 1.165) is 6.42 Å². The van der Waals surface area contributed by atoms with Gasteiger partial charge in [-0.3, -0.25) is 4.79 Å². The third kappa shape index (κ3) is 3.40. The van der Waals surface area contributed by atoms with E-state index in [1.54, 1.807) is 36.4 Å². The second-order valence-electron chi connectivity index (χ2n) is 7.30. The Kier molecular flexibility index (Phi) is 4.35. The van der Waals surface area contributed by atoms with Crippen molar-refractivity contribution in [2.75, 3.05) is 6.54 Å². The first-order valence-electron chi connectivity index (χ1n) is 9.66. The Balaban J connectivity index is 1.39. The van der Waals surface area contributed by atoms with E-state index < -0.39 is 0 Å². The number of halogens is 1. The van der Waals surface area contributed by atoms with E-state index in [2.05, 4.69) is 17.1 Å². The van der Waals surface area contributed by atoms with Crippen LogP contribution in [-0.4, -0.2) is 22.3 Å². The molecule has 0 radical (unpaired) electrons. The highest BCUT2D eigenvalue weighted by atomic mass is 19.1. The highest BCUT2D eigenvalue weighted by Gasteiger charge is 2.22. The van der Waals surface area contributed by atoms with Crippen LogP contribution in [0.2, 0.25) is 0 Å². The Bertz CT molecular complexity index is 1210. The van der Waals surface area contributed by atoms with E-state index in [9.17, 15) is 9.18 Å². The molecule has 1 aliphatic rings. The minimum absolute atomic E-state index is 0.0199. The van der Waals surface area contributed by atoms with Gasteiger partial charge in [0.2, 0.25) is 0 Å². The minimum Gasteiger partial charge on any atom is -0.440 e. The Hall–Kier alpha value is -3.47. The largest absolute Gasteiger partial charge is 0.440 e. The molecule has 0 fully saturated rings. The lowest BCUT2D eigenvalue weighted by atomic mass is 9.99. The number of amides is 1. The molecule has 3 aromatic carbocycles. The molecule has 5 rings (SSSR count). The van der Waals surface area contributed by atoms with Crippen molar-refractivity contribution in [1.82, 2.24) is 9.88 Å². The Morgan fingerprint density at radius 1 is 1.03 bits per heavy atom. The zero-order chi connectivity index (χ0) is 19.8. The summed E-state index contributed by atoms with van der Waals surface area (Å²) in [5, 5.41) is 0. The van der Waals surface area contributed by atoms with E-state index in [1.165, 1.54) is 17.2 Å². The number of oxazole rings is 1. The second-order valence-corrected chi connectivity index (χ2v) is 7.30. The molecule has 1 amide bonds. The number of benzene rings is 3. The van der Waals surface area contributed by atoms with Gasteiger partial charge in [-0.1, -0.05) is 42.5 Å². The van der Waals surface area contributed by atoms with Crippen molar-refractivity contribution in [2.45, 2.75) is 19.4 Å². The summed E-state index contributed by atoms with van der Waals surface area (Å²) in [6.45, 7) is 1.31. The molecule has 0 bridgehead atoms. The van der Waals surface area contributed by atoms with Crippen LogP contribution in [0.25, 0.3) is 11.1 Å². The fraction of sp³-hybridized carbons (Fsp3) is 0.167. The molecule has 0 saturated heterocycles. The van der Waals surface area contributed by atoms with Gasteiger partial charge in [0.15, 0.2) is 11.5 Å². The van der Waals surface area contributed by atoms with Crippen LogP contribution in [0.5, 0.6) is 0 Å². The van der Waals surface area contributed by atoms with Crippen LogP contribution in [-0.2, 0) is 19.4 Å². The van der Waals surface area contributed by atoms with Gasteiger partial charge in [-0.05, 0) is 47.4 Å². The number of fused-ring (bicyclic) bond motifs is 2. The number of hydrogen-bond donors (Lipinski definition) is 0. The highest BCUT2D eigenvalue weighted by molar-refractivity contribution is 5.97. The molecule has 2 heterocycles. The molecular formula is C24H19FN2O2. The van der Waals surface area contributed by atoms with E-state index in [1.807, 2.05) is 17.0 Å². The normalized spacial score (nSPS) is 13.5. The lowest BCUT2D eigenvalue weighted by Crippen LogP contribution is -2.35. The van der Waals surface area contributed by atoms with E-state index in [0.29, 0.717) is 41.2 Å². The van der Waals surface area contributed by atoms with E-state index in [-0.39, 0.29) is 18.1 Å². The van der Waals surface area contributed by atoms with Gasteiger partial charge in [-0.15, -0.1) is 0 Å². The molecule has 1 aromatic heterocycles. The number of rotatable bonds is 3. The number of carbonyl (C=O) groups is 1. The van der Waals surface area contributed by atoms with Crippen molar-refractivity contribution in [2.24, 2.45) is 0 Å². The molecule has 4 aromatic rings. The summed E-state index contributed by atoms with van der Waals surface area (Å²) in [4.78, 5) is 19.3. The smallest absolute Gasteiger partial charge is 0.254 e. The summed E-state index contributed by atoms with van der Waals surface area (Å²) < 4.78 is 19.7.